The van der Waals surface area contributed by atoms with Crippen LogP contribution in [0.15, 0.2) is 65.3 Å². The van der Waals surface area contributed by atoms with Crippen LogP contribution in [0.2, 0.25) is 0 Å². The van der Waals surface area contributed by atoms with Gasteiger partial charge >= 0.3 is 0 Å². The van der Waals surface area contributed by atoms with Crippen molar-refractivity contribution in [1.82, 2.24) is 4.98 Å². The monoisotopic (exact) mass is 421 g/mol. The lowest BCUT2D eigenvalue weighted by Crippen LogP contribution is -2.42. The van der Waals surface area contributed by atoms with Crippen LogP contribution < -0.4 is 4.57 Å². The normalized spacial score (nSPS) is 17.2. The van der Waals surface area contributed by atoms with Crippen molar-refractivity contribution in [1.29, 1.82) is 0 Å². The first-order chi connectivity index (χ1) is 15.3. The molecule has 0 unspecified atom stereocenters. The summed E-state index contributed by atoms with van der Waals surface area (Å²) in [5, 5.41) is 4.71. The zero-order valence-corrected chi connectivity index (χ0v) is 19.5. The van der Waals surface area contributed by atoms with Crippen LogP contribution in [-0.2, 0) is 17.9 Å². The lowest BCUT2D eigenvalue weighted by atomic mass is 9.64. The van der Waals surface area contributed by atoms with Gasteiger partial charge in [-0.2, -0.15) is 0 Å². The van der Waals surface area contributed by atoms with Gasteiger partial charge in [0.25, 0.3) is 6.33 Å². The lowest BCUT2D eigenvalue weighted by Gasteiger charge is -2.38. The summed E-state index contributed by atoms with van der Waals surface area (Å²) in [7, 11) is 2.11. The van der Waals surface area contributed by atoms with E-state index in [1.165, 1.54) is 33.1 Å². The number of hydrogen-bond donors (Lipinski definition) is 0. The maximum absolute atomic E-state index is 6.68. The number of aromatic nitrogens is 2. The number of furan rings is 1. The first-order valence-corrected chi connectivity index (χ1v) is 11.5. The van der Waals surface area contributed by atoms with Crippen LogP contribution in [0.3, 0.4) is 0 Å². The van der Waals surface area contributed by atoms with Gasteiger partial charge in [0.1, 0.15) is 16.9 Å². The van der Waals surface area contributed by atoms with Crippen LogP contribution in [0, 0.1) is 0 Å². The fraction of sp³-hybridized carbons (Fsp3) is 0.310. The van der Waals surface area contributed by atoms with Crippen LogP contribution in [0.1, 0.15) is 51.8 Å². The Kier molecular flexibility index (Phi) is 3.90. The molecule has 1 aliphatic rings. The highest BCUT2D eigenvalue weighted by Gasteiger charge is 2.45. The molecule has 0 saturated heterocycles. The van der Waals surface area contributed by atoms with E-state index >= 15 is 0 Å². The van der Waals surface area contributed by atoms with E-state index in [0.29, 0.717) is 0 Å². The standard InChI is InChI=1S/C29H29N2O/c1-28(2)15-16-29(3,4)27-23(28)24(31(5)17-30-27)22-12-8-11-20-21-14-13-18-9-6-7-10-19(18)25(21)32-26(20)22/h6-14,17H,15-16H2,1-5H3/q+1. The molecule has 5 aromatic rings. The smallest absolute Gasteiger partial charge is 0.286 e. The van der Waals surface area contributed by atoms with Gasteiger partial charge in [0.15, 0.2) is 5.69 Å². The van der Waals surface area contributed by atoms with Gasteiger partial charge in [-0.05, 0) is 35.8 Å². The molecule has 2 aromatic heterocycles. The minimum absolute atomic E-state index is 0.0487. The molecule has 3 heteroatoms. The zero-order valence-electron chi connectivity index (χ0n) is 19.5. The van der Waals surface area contributed by atoms with Gasteiger partial charge in [-0.3, -0.25) is 0 Å². The molecule has 1 aliphatic carbocycles. The van der Waals surface area contributed by atoms with Crippen molar-refractivity contribution in [3.63, 3.8) is 0 Å². The highest BCUT2D eigenvalue weighted by Crippen LogP contribution is 2.48. The Labute approximate surface area is 188 Å². The van der Waals surface area contributed by atoms with Crippen molar-refractivity contribution < 1.29 is 8.98 Å². The summed E-state index contributed by atoms with van der Waals surface area (Å²) < 4.78 is 8.87. The molecule has 0 aliphatic heterocycles. The number of rotatable bonds is 1. The molecule has 0 atom stereocenters. The molecule has 0 amide bonds. The molecule has 0 saturated carbocycles. The first kappa shape index (κ1) is 19.5. The van der Waals surface area contributed by atoms with Crippen LogP contribution in [-0.4, -0.2) is 4.98 Å². The maximum atomic E-state index is 6.68. The number of hydrogen-bond acceptors (Lipinski definition) is 2. The van der Waals surface area contributed by atoms with Gasteiger partial charge in [0.05, 0.1) is 18.2 Å². The molecule has 0 N–H and O–H groups in total. The van der Waals surface area contributed by atoms with Gasteiger partial charge < -0.3 is 4.42 Å². The number of para-hydroxylation sites is 1. The van der Waals surface area contributed by atoms with E-state index in [9.17, 15) is 0 Å². The highest BCUT2D eigenvalue weighted by atomic mass is 16.3. The van der Waals surface area contributed by atoms with E-state index in [1.54, 1.807) is 0 Å². The summed E-state index contributed by atoms with van der Waals surface area (Å²) in [5.74, 6) is 0. The molecule has 0 bridgehead atoms. The summed E-state index contributed by atoms with van der Waals surface area (Å²) in [5.41, 5.74) is 6.99. The van der Waals surface area contributed by atoms with Crippen molar-refractivity contribution in [3.05, 3.63) is 72.2 Å². The number of fused-ring (bicyclic) bond motifs is 6. The minimum atomic E-state index is 0.0487. The third kappa shape index (κ3) is 2.60. The zero-order chi connectivity index (χ0) is 22.3. The van der Waals surface area contributed by atoms with E-state index in [4.69, 9.17) is 9.40 Å². The summed E-state index contributed by atoms with van der Waals surface area (Å²) in [6.07, 6.45) is 4.27. The van der Waals surface area contributed by atoms with Crippen molar-refractivity contribution in [2.45, 2.75) is 51.4 Å². The summed E-state index contributed by atoms with van der Waals surface area (Å²) >= 11 is 0. The number of nitrogens with zero attached hydrogens (tertiary/aromatic N) is 2. The fourth-order valence-electron chi connectivity index (χ4n) is 5.62. The topological polar surface area (TPSA) is 29.9 Å². The second-order valence-electron chi connectivity index (χ2n) is 10.6. The lowest BCUT2D eigenvalue weighted by molar-refractivity contribution is -0.664. The average molecular weight is 422 g/mol. The summed E-state index contributed by atoms with van der Waals surface area (Å²) in [6.45, 7) is 9.37. The molecule has 0 spiro atoms. The molecule has 3 nitrogen and oxygen atoms in total. The molecule has 6 rings (SSSR count). The van der Waals surface area contributed by atoms with Gasteiger partial charge in [0.2, 0.25) is 0 Å². The predicted molar refractivity (Wildman–Crippen MR) is 131 cm³/mol. The Morgan fingerprint density at radius 3 is 2.34 bits per heavy atom. The Bertz CT molecular complexity index is 1540. The molecular formula is C29H29N2O+. The van der Waals surface area contributed by atoms with Gasteiger partial charge in [-0.25, -0.2) is 4.57 Å². The minimum Gasteiger partial charge on any atom is -0.455 e. The Morgan fingerprint density at radius 2 is 1.50 bits per heavy atom. The van der Waals surface area contributed by atoms with Crippen LogP contribution in [0.5, 0.6) is 0 Å². The predicted octanol–water partition coefficient (Wildman–Crippen LogP) is 6.97. The molecule has 32 heavy (non-hydrogen) atoms. The van der Waals surface area contributed by atoms with Gasteiger partial charge in [0, 0.05) is 21.6 Å². The van der Waals surface area contributed by atoms with Gasteiger partial charge in [-0.15, -0.1) is 0 Å². The molecular weight excluding hydrogens is 392 g/mol. The Hall–Kier alpha value is -3.20. The summed E-state index contributed by atoms with van der Waals surface area (Å²) in [6, 6.07) is 19.4. The number of aryl methyl sites for hydroxylation is 1. The second kappa shape index (κ2) is 6.41. The Morgan fingerprint density at radius 1 is 0.781 bits per heavy atom. The molecule has 0 fully saturated rings. The van der Waals surface area contributed by atoms with Crippen molar-refractivity contribution in [2.24, 2.45) is 7.05 Å². The van der Waals surface area contributed by atoms with Crippen molar-refractivity contribution in [2.75, 3.05) is 0 Å². The molecule has 0 radical (unpaired) electrons. The maximum Gasteiger partial charge on any atom is 0.286 e. The third-order valence-corrected chi connectivity index (χ3v) is 7.52. The van der Waals surface area contributed by atoms with E-state index in [0.717, 1.165) is 35.0 Å². The summed E-state index contributed by atoms with van der Waals surface area (Å²) in [4.78, 5) is 4.95. The molecule has 2 heterocycles. The van der Waals surface area contributed by atoms with E-state index < -0.39 is 0 Å². The van der Waals surface area contributed by atoms with E-state index in [2.05, 4.69) is 93.9 Å². The van der Waals surface area contributed by atoms with Crippen molar-refractivity contribution >= 4 is 32.7 Å². The molecule has 3 aromatic carbocycles. The highest BCUT2D eigenvalue weighted by molar-refractivity contribution is 6.17. The van der Waals surface area contributed by atoms with Crippen LogP contribution in [0.4, 0.5) is 0 Å². The quantitative estimate of drug-likeness (QED) is 0.273. The SMILES string of the molecule is C[n+]1cnc2c(c1-c1cccc3c1oc1c4ccccc4ccc31)C(C)(C)CCC2(C)C. The Balaban J connectivity index is 1.75. The van der Waals surface area contributed by atoms with E-state index in [1.807, 2.05) is 6.33 Å². The largest absolute Gasteiger partial charge is 0.455 e. The van der Waals surface area contributed by atoms with Gasteiger partial charge in [-0.1, -0.05) is 75.1 Å². The van der Waals surface area contributed by atoms with Crippen LogP contribution in [0.25, 0.3) is 44.0 Å². The fourth-order valence-corrected chi connectivity index (χ4v) is 5.62. The third-order valence-electron chi connectivity index (χ3n) is 7.52. The second-order valence-corrected chi connectivity index (χ2v) is 10.6. The molecule has 160 valence electrons. The first-order valence-electron chi connectivity index (χ1n) is 11.5. The number of benzene rings is 3. The van der Waals surface area contributed by atoms with E-state index in [-0.39, 0.29) is 10.8 Å². The van der Waals surface area contributed by atoms with Crippen LogP contribution >= 0.6 is 0 Å². The van der Waals surface area contributed by atoms with Crippen molar-refractivity contribution in [3.8, 4) is 11.3 Å². The average Bonchev–Trinajstić information content (AvgIpc) is 3.16.